The number of rotatable bonds is 2. The Balaban J connectivity index is 1.76. The minimum absolute atomic E-state index is 0.0864. The first-order valence-corrected chi connectivity index (χ1v) is 8.52. The Morgan fingerprint density at radius 3 is 2.58 bits per heavy atom. The number of aromatic nitrogens is 1. The Bertz CT molecular complexity index is 1090. The monoisotopic (exact) mass is 351 g/mol. The summed E-state index contributed by atoms with van der Waals surface area (Å²) in [5.41, 5.74) is 8.79. The molecule has 2 aromatic carbocycles. The summed E-state index contributed by atoms with van der Waals surface area (Å²) in [6, 6.07) is 9.47. The van der Waals surface area contributed by atoms with Gasteiger partial charge in [0.05, 0.1) is 29.0 Å². The van der Waals surface area contributed by atoms with Crippen LogP contribution in [0.5, 0.6) is 0 Å². The zero-order valence-electron chi connectivity index (χ0n) is 13.8. The first-order valence-electron chi connectivity index (χ1n) is 8.52. The number of nitrogen functional groups attached to an aromatic ring is 1. The summed E-state index contributed by atoms with van der Waals surface area (Å²) in [5.74, 6) is -1.92. The van der Waals surface area contributed by atoms with Gasteiger partial charge in [0.25, 0.3) is 5.91 Å². The quantitative estimate of drug-likeness (QED) is 0.762. The van der Waals surface area contributed by atoms with Crippen LogP contribution >= 0.6 is 0 Å². The predicted octanol–water partition coefficient (Wildman–Crippen LogP) is 3.88. The fourth-order valence-electron chi connectivity index (χ4n) is 3.70. The number of benzene rings is 2. The van der Waals surface area contributed by atoms with Crippen molar-refractivity contribution in [2.75, 3.05) is 5.73 Å². The van der Waals surface area contributed by atoms with Crippen molar-refractivity contribution < 1.29 is 13.6 Å². The van der Waals surface area contributed by atoms with E-state index in [9.17, 15) is 13.6 Å². The van der Waals surface area contributed by atoms with Crippen molar-refractivity contribution in [2.45, 2.75) is 25.4 Å². The van der Waals surface area contributed by atoms with Gasteiger partial charge in [-0.05, 0) is 18.9 Å². The average molecular weight is 351 g/mol. The molecule has 26 heavy (non-hydrogen) atoms. The number of carbonyl (C=O) groups excluding carboxylic acids is 1. The fraction of sp³-hybridized carbons (Fsp3) is 0.200. The van der Waals surface area contributed by atoms with Gasteiger partial charge in [0.1, 0.15) is 0 Å². The lowest BCUT2D eigenvalue weighted by Gasteiger charge is -2.13. The van der Waals surface area contributed by atoms with Crippen molar-refractivity contribution in [3.63, 3.8) is 0 Å². The summed E-state index contributed by atoms with van der Waals surface area (Å²) in [6.45, 7) is 0.416. The summed E-state index contributed by atoms with van der Waals surface area (Å²) in [7, 11) is 0. The number of nitrogens with two attached hydrogens (primary N) is 1. The molecule has 1 saturated carbocycles. The number of para-hydroxylation sites is 1. The second kappa shape index (κ2) is 5.24. The molecule has 2 aliphatic rings. The van der Waals surface area contributed by atoms with Gasteiger partial charge in [-0.3, -0.25) is 4.79 Å². The molecule has 0 spiro atoms. The number of amides is 1. The lowest BCUT2D eigenvalue weighted by molar-refractivity contribution is 0.0767. The molecule has 0 unspecified atom stereocenters. The van der Waals surface area contributed by atoms with Gasteiger partial charge in [0, 0.05) is 22.6 Å². The Hall–Kier alpha value is -3.02. The van der Waals surface area contributed by atoms with E-state index in [1.54, 1.807) is 23.1 Å². The maximum Gasteiger partial charge on any atom is 0.258 e. The van der Waals surface area contributed by atoms with Gasteiger partial charge in [-0.25, -0.2) is 13.8 Å². The molecule has 0 saturated heterocycles. The van der Waals surface area contributed by atoms with E-state index in [1.807, 2.05) is 0 Å². The summed E-state index contributed by atoms with van der Waals surface area (Å²) in [6.07, 6.45) is 2.00. The Morgan fingerprint density at radius 2 is 1.81 bits per heavy atom. The van der Waals surface area contributed by atoms with Crippen LogP contribution in [0.4, 0.5) is 14.5 Å². The van der Waals surface area contributed by atoms with E-state index in [0.717, 1.165) is 18.9 Å². The summed E-state index contributed by atoms with van der Waals surface area (Å²) < 4.78 is 28.0. The number of hydrogen-bond acceptors (Lipinski definition) is 3. The Kier molecular flexibility index (Phi) is 3.07. The third-order valence-electron chi connectivity index (χ3n) is 5.16. The van der Waals surface area contributed by atoms with Gasteiger partial charge in [-0.1, -0.05) is 30.3 Å². The molecule has 130 valence electrons. The Labute approximate surface area is 148 Å². The van der Waals surface area contributed by atoms with Crippen LogP contribution in [0.25, 0.3) is 22.0 Å². The van der Waals surface area contributed by atoms with E-state index in [-0.39, 0.29) is 17.5 Å². The molecule has 3 aromatic rings. The van der Waals surface area contributed by atoms with Gasteiger partial charge in [0.2, 0.25) is 0 Å². The minimum atomic E-state index is -0.920. The molecular formula is C20H15F2N3O. The number of pyridine rings is 1. The highest BCUT2D eigenvalue weighted by atomic mass is 19.2. The Morgan fingerprint density at radius 1 is 1.08 bits per heavy atom. The molecule has 0 bridgehead atoms. The zero-order chi connectivity index (χ0) is 18.0. The van der Waals surface area contributed by atoms with Crippen LogP contribution in [0.1, 0.15) is 28.9 Å². The van der Waals surface area contributed by atoms with Crippen molar-refractivity contribution in [1.82, 2.24) is 9.88 Å². The van der Waals surface area contributed by atoms with Gasteiger partial charge in [0.15, 0.2) is 11.6 Å². The second-order valence-corrected chi connectivity index (χ2v) is 6.81. The normalized spacial score (nSPS) is 16.4. The van der Waals surface area contributed by atoms with Crippen LogP contribution < -0.4 is 5.73 Å². The summed E-state index contributed by atoms with van der Waals surface area (Å²) >= 11 is 0. The zero-order valence-corrected chi connectivity index (χ0v) is 13.8. The smallest absolute Gasteiger partial charge is 0.258 e. The average Bonchev–Trinajstić information content (AvgIpc) is 3.41. The van der Waals surface area contributed by atoms with E-state index >= 15 is 0 Å². The summed E-state index contributed by atoms with van der Waals surface area (Å²) in [5, 5.41) is 0.580. The number of hydrogen-bond donors (Lipinski definition) is 1. The fourth-order valence-corrected chi connectivity index (χ4v) is 3.70. The molecule has 1 amide bonds. The topological polar surface area (TPSA) is 59.2 Å². The van der Waals surface area contributed by atoms with Crippen LogP contribution in [0.3, 0.4) is 0 Å². The van der Waals surface area contributed by atoms with Gasteiger partial charge < -0.3 is 10.6 Å². The lowest BCUT2D eigenvalue weighted by atomic mass is 9.98. The molecule has 2 heterocycles. The van der Waals surface area contributed by atoms with Crippen LogP contribution in [0, 0.1) is 11.6 Å². The highest BCUT2D eigenvalue weighted by Gasteiger charge is 2.40. The van der Waals surface area contributed by atoms with Crippen molar-refractivity contribution >= 4 is 22.5 Å². The first-order chi connectivity index (χ1) is 12.6. The highest BCUT2D eigenvalue weighted by Crippen LogP contribution is 2.40. The third-order valence-corrected chi connectivity index (χ3v) is 5.16. The van der Waals surface area contributed by atoms with E-state index in [2.05, 4.69) is 4.98 Å². The molecule has 1 aromatic heterocycles. The largest absolute Gasteiger partial charge is 0.397 e. The number of carbonyl (C=O) groups is 1. The van der Waals surface area contributed by atoms with E-state index < -0.39 is 11.6 Å². The lowest BCUT2D eigenvalue weighted by Crippen LogP contribution is -2.26. The first kappa shape index (κ1) is 15.3. The van der Waals surface area contributed by atoms with Crippen molar-refractivity contribution in [2.24, 2.45) is 0 Å². The maximum absolute atomic E-state index is 14.3. The van der Waals surface area contributed by atoms with Gasteiger partial charge >= 0.3 is 0 Å². The van der Waals surface area contributed by atoms with E-state index in [4.69, 9.17) is 5.73 Å². The predicted molar refractivity (Wildman–Crippen MR) is 94.4 cm³/mol. The minimum Gasteiger partial charge on any atom is -0.397 e. The van der Waals surface area contributed by atoms with Crippen LogP contribution in [-0.4, -0.2) is 21.8 Å². The van der Waals surface area contributed by atoms with Crippen molar-refractivity contribution in [3.8, 4) is 11.1 Å². The van der Waals surface area contributed by atoms with E-state index in [0.29, 0.717) is 40.0 Å². The van der Waals surface area contributed by atoms with Gasteiger partial charge in [-0.15, -0.1) is 0 Å². The molecule has 6 heteroatoms. The highest BCUT2D eigenvalue weighted by molar-refractivity contribution is 6.11. The van der Waals surface area contributed by atoms with Crippen LogP contribution in [0.15, 0.2) is 36.4 Å². The maximum atomic E-state index is 14.3. The molecule has 1 aliphatic carbocycles. The SMILES string of the molecule is Nc1c2c(nc3c(-c4cccc(F)c4F)cccc13)CN(C1CC1)C2=O. The standard InChI is InChI=1S/C20H15F2N3O/c21-14-6-2-3-11(17(14)22)12-4-1-5-13-18(23)16-15(24-19(12)13)9-25(20(16)26)10-7-8-10/h1-6,10H,7-9H2,(H2,23,24). The molecule has 5 rings (SSSR count). The van der Waals surface area contributed by atoms with E-state index in [1.165, 1.54) is 12.1 Å². The number of anilines is 1. The summed E-state index contributed by atoms with van der Waals surface area (Å²) in [4.78, 5) is 19.1. The molecule has 0 atom stereocenters. The molecule has 2 N–H and O–H groups in total. The van der Waals surface area contributed by atoms with Gasteiger partial charge in [-0.2, -0.15) is 0 Å². The molecule has 1 fully saturated rings. The third kappa shape index (κ3) is 2.05. The van der Waals surface area contributed by atoms with Crippen LogP contribution in [0.2, 0.25) is 0 Å². The number of fused-ring (bicyclic) bond motifs is 2. The van der Waals surface area contributed by atoms with Crippen molar-refractivity contribution in [1.29, 1.82) is 0 Å². The van der Waals surface area contributed by atoms with Crippen LogP contribution in [-0.2, 0) is 6.54 Å². The molecule has 0 radical (unpaired) electrons. The molecule has 4 nitrogen and oxygen atoms in total. The molecule has 1 aliphatic heterocycles. The molecular weight excluding hydrogens is 336 g/mol. The number of nitrogens with zero attached hydrogens (tertiary/aromatic N) is 2. The van der Waals surface area contributed by atoms with Crippen molar-refractivity contribution in [3.05, 3.63) is 59.3 Å². The number of halogens is 2. The second-order valence-electron chi connectivity index (χ2n) is 6.81.